The molecule has 1 saturated carbocycles. The molecule has 7 heteroatoms. The second kappa shape index (κ2) is 7.94. The molecule has 1 aromatic carbocycles. The second-order valence-electron chi connectivity index (χ2n) is 6.39. The van der Waals surface area contributed by atoms with Gasteiger partial charge in [0, 0.05) is 43.7 Å². The van der Waals surface area contributed by atoms with Crippen LogP contribution in [-0.4, -0.2) is 53.8 Å². The van der Waals surface area contributed by atoms with E-state index < -0.39 is 0 Å². The molecule has 0 radical (unpaired) electrons. The molecule has 24 heavy (non-hydrogen) atoms. The van der Waals surface area contributed by atoms with Crippen molar-refractivity contribution < 1.29 is 14.0 Å². The fourth-order valence-electron chi connectivity index (χ4n) is 3.40. The minimum Gasteiger partial charge on any atom is -0.339 e. The van der Waals surface area contributed by atoms with E-state index in [9.17, 15) is 14.0 Å². The topological polar surface area (TPSA) is 66.6 Å². The van der Waals surface area contributed by atoms with Crippen molar-refractivity contribution in [3.63, 3.8) is 0 Å². The first-order chi connectivity index (χ1) is 11.0. The summed E-state index contributed by atoms with van der Waals surface area (Å²) in [6, 6.07) is 5.71. The maximum Gasteiger partial charge on any atom is 0.253 e. The van der Waals surface area contributed by atoms with Gasteiger partial charge in [0.05, 0.1) is 0 Å². The highest BCUT2D eigenvalue weighted by Crippen LogP contribution is 2.26. The molecule has 2 fully saturated rings. The van der Waals surface area contributed by atoms with Crippen LogP contribution in [0.3, 0.4) is 0 Å². The fraction of sp³-hybridized carbons (Fsp3) is 0.529. The van der Waals surface area contributed by atoms with E-state index in [1.165, 1.54) is 24.3 Å². The van der Waals surface area contributed by atoms with E-state index >= 15 is 0 Å². The summed E-state index contributed by atoms with van der Waals surface area (Å²) in [6.45, 7) is 2.14. The van der Waals surface area contributed by atoms with Gasteiger partial charge in [-0.25, -0.2) is 4.39 Å². The third-order valence-electron chi connectivity index (χ3n) is 4.79. The van der Waals surface area contributed by atoms with Crippen molar-refractivity contribution in [2.24, 2.45) is 11.7 Å². The normalized spacial score (nSPS) is 23.8. The van der Waals surface area contributed by atoms with Crippen LogP contribution in [0.5, 0.6) is 0 Å². The average Bonchev–Trinajstić information content (AvgIpc) is 3.01. The highest BCUT2D eigenvalue weighted by Gasteiger charge is 2.33. The number of hydrogen-bond donors (Lipinski definition) is 1. The number of amides is 2. The van der Waals surface area contributed by atoms with E-state index in [0.29, 0.717) is 31.7 Å². The van der Waals surface area contributed by atoms with Gasteiger partial charge in [0.25, 0.3) is 5.91 Å². The average molecular weight is 356 g/mol. The van der Waals surface area contributed by atoms with Crippen molar-refractivity contribution in [3.8, 4) is 0 Å². The first-order valence-corrected chi connectivity index (χ1v) is 8.14. The SMILES string of the molecule is Cl.NC1CCC(C(=O)N2CCN(C(=O)c3ccc(F)cc3)CC2)C1. The summed E-state index contributed by atoms with van der Waals surface area (Å²) in [5, 5.41) is 0. The molecule has 1 aliphatic carbocycles. The predicted octanol–water partition coefficient (Wildman–Crippen LogP) is 1.66. The fourth-order valence-corrected chi connectivity index (χ4v) is 3.40. The van der Waals surface area contributed by atoms with E-state index in [1.54, 1.807) is 4.90 Å². The Kier molecular flexibility index (Phi) is 6.18. The molecule has 5 nitrogen and oxygen atoms in total. The van der Waals surface area contributed by atoms with Gasteiger partial charge in [-0.3, -0.25) is 9.59 Å². The standard InChI is InChI=1S/C17H22FN3O2.ClH/c18-14-4-1-12(2-5-14)16(22)20-7-9-21(10-8-20)17(23)13-3-6-15(19)11-13;/h1-2,4-5,13,15H,3,6-11,19H2;1H. The molecule has 132 valence electrons. The van der Waals surface area contributed by atoms with E-state index in [2.05, 4.69) is 0 Å². The van der Waals surface area contributed by atoms with Crippen LogP contribution in [0.25, 0.3) is 0 Å². The molecule has 2 amide bonds. The summed E-state index contributed by atoms with van der Waals surface area (Å²) in [5.41, 5.74) is 6.36. The highest BCUT2D eigenvalue weighted by atomic mass is 35.5. The Morgan fingerprint density at radius 3 is 2.12 bits per heavy atom. The number of carbonyl (C=O) groups excluding carboxylic acids is 2. The van der Waals surface area contributed by atoms with Crippen molar-refractivity contribution in [1.82, 2.24) is 9.80 Å². The van der Waals surface area contributed by atoms with E-state index in [1.807, 2.05) is 4.90 Å². The second-order valence-corrected chi connectivity index (χ2v) is 6.39. The number of hydrogen-bond acceptors (Lipinski definition) is 3. The lowest BCUT2D eigenvalue weighted by Crippen LogP contribution is -2.51. The molecule has 2 unspecified atom stereocenters. The Balaban J connectivity index is 0.00000208. The summed E-state index contributed by atoms with van der Waals surface area (Å²) in [7, 11) is 0. The smallest absolute Gasteiger partial charge is 0.253 e. The number of nitrogens with two attached hydrogens (primary N) is 1. The quantitative estimate of drug-likeness (QED) is 0.877. The van der Waals surface area contributed by atoms with Crippen molar-refractivity contribution in [3.05, 3.63) is 35.6 Å². The molecule has 2 atom stereocenters. The van der Waals surface area contributed by atoms with Gasteiger partial charge in [-0.05, 0) is 43.5 Å². The Morgan fingerprint density at radius 2 is 1.58 bits per heavy atom. The first-order valence-electron chi connectivity index (χ1n) is 8.14. The van der Waals surface area contributed by atoms with Crippen LogP contribution in [0.1, 0.15) is 29.6 Å². The molecule has 0 spiro atoms. The van der Waals surface area contributed by atoms with Crippen LogP contribution in [0, 0.1) is 11.7 Å². The van der Waals surface area contributed by atoms with Gasteiger partial charge in [0.2, 0.25) is 5.91 Å². The molecule has 3 rings (SSSR count). The molecular formula is C17H23ClFN3O2. The number of nitrogens with zero attached hydrogens (tertiary/aromatic N) is 2. The molecule has 0 bridgehead atoms. The van der Waals surface area contributed by atoms with Crippen LogP contribution in [0.4, 0.5) is 4.39 Å². The Morgan fingerprint density at radius 1 is 1.00 bits per heavy atom. The predicted molar refractivity (Wildman–Crippen MR) is 91.4 cm³/mol. The zero-order chi connectivity index (χ0) is 16.4. The monoisotopic (exact) mass is 355 g/mol. The van der Waals surface area contributed by atoms with Crippen molar-refractivity contribution in [1.29, 1.82) is 0 Å². The lowest BCUT2D eigenvalue weighted by Gasteiger charge is -2.36. The minimum absolute atomic E-state index is 0. The third-order valence-corrected chi connectivity index (χ3v) is 4.79. The van der Waals surface area contributed by atoms with E-state index in [4.69, 9.17) is 5.73 Å². The summed E-state index contributed by atoms with van der Waals surface area (Å²) in [4.78, 5) is 28.4. The number of carbonyl (C=O) groups is 2. The summed E-state index contributed by atoms with van der Waals surface area (Å²) >= 11 is 0. The van der Waals surface area contributed by atoms with E-state index in [0.717, 1.165) is 19.3 Å². The van der Waals surface area contributed by atoms with Gasteiger partial charge < -0.3 is 15.5 Å². The molecule has 1 aliphatic heterocycles. The lowest BCUT2D eigenvalue weighted by atomic mass is 10.1. The van der Waals surface area contributed by atoms with Gasteiger partial charge >= 0.3 is 0 Å². The summed E-state index contributed by atoms with van der Waals surface area (Å²) < 4.78 is 12.9. The molecular weight excluding hydrogens is 333 g/mol. The zero-order valence-corrected chi connectivity index (χ0v) is 14.3. The molecule has 2 N–H and O–H groups in total. The van der Waals surface area contributed by atoms with Crippen molar-refractivity contribution in [2.75, 3.05) is 26.2 Å². The molecule has 1 saturated heterocycles. The van der Waals surface area contributed by atoms with Crippen molar-refractivity contribution >= 4 is 24.2 Å². The Bertz CT molecular complexity index is 588. The highest BCUT2D eigenvalue weighted by molar-refractivity contribution is 5.94. The molecule has 2 aliphatic rings. The number of benzene rings is 1. The van der Waals surface area contributed by atoms with Gasteiger partial charge in [0.1, 0.15) is 5.82 Å². The minimum atomic E-state index is -0.355. The van der Waals surface area contributed by atoms with Crippen molar-refractivity contribution in [2.45, 2.75) is 25.3 Å². The van der Waals surface area contributed by atoms with Gasteiger partial charge in [0.15, 0.2) is 0 Å². The number of piperazine rings is 1. The molecule has 1 aromatic rings. The Hall–Kier alpha value is -1.66. The van der Waals surface area contributed by atoms with Gasteiger partial charge in [-0.15, -0.1) is 12.4 Å². The third kappa shape index (κ3) is 4.05. The van der Waals surface area contributed by atoms with Crippen LogP contribution >= 0.6 is 12.4 Å². The zero-order valence-electron chi connectivity index (χ0n) is 13.5. The van der Waals surface area contributed by atoms with E-state index in [-0.39, 0.29) is 42.0 Å². The first kappa shape index (κ1) is 18.7. The van der Waals surface area contributed by atoms with Crippen LogP contribution < -0.4 is 5.73 Å². The van der Waals surface area contributed by atoms with Gasteiger partial charge in [-0.2, -0.15) is 0 Å². The van der Waals surface area contributed by atoms with Crippen LogP contribution in [0.15, 0.2) is 24.3 Å². The largest absolute Gasteiger partial charge is 0.339 e. The van der Waals surface area contributed by atoms with Gasteiger partial charge in [-0.1, -0.05) is 0 Å². The molecule has 1 heterocycles. The summed E-state index contributed by atoms with van der Waals surface area (Å²) in [5.74, 6) is -0.247. The van der Waals surface area contributed by atoms with Crippen LogP contribution in [0.2, 0.25) is 0 Å². The summed E-state index contributed by atoms with van der Waals surface area (Å²) in [6.07, 6.45) is 2.56. The van der Waals surface area contributed by atoms with Crippen LogP contribution in [-0.2, 0) is 4.79 Å². The molecule has 0 aromatic heterocycles. The number of halogens is 2. The Labute approximate surface area is 147 Å². The number of rotatable bonds is 2. The maximum absolute atomic E-state index is 12.9. The maximum atomic E-state index is 12.9. The lowest BCUT2D eigenvalue weighted by molar-refractivity contribution is -0.136.